The smallest absolute Gasteiger partial charge is 0.243 e. The van der Waals surface area contributed by atoms with Crippen LogP contribution in [0.4, 0.5) is 5.82 Å². The van der Waals surface area contributed by atoms with Gasteiger partial charge < -0.3 is 5.32 Å². The lowest BCUT2D eigenvalue weighted by molar-refractivity contribution is -0.115. The van der Waals surface area contributed by atoms with Crippen molar-refractivity contribution in [2.24, 2.45) is 0 Å². The van der Waals surface area contributed by atoms with Crippen LogP contribution in [0.3, 0.4) is 0 Å². The summed E-state index contributed by atoms with van der Waals surface area (Å²) in [5, 5.41) is 2.31. The normalized spacial score (nSPS) is 12.3. The van der Waals surface area contributed by atoms with Gasteiger partial charge in [0.25, 0.3) is 0 Å². The predicted molar refractivity (Wildman–Crippen MR) is 93.1 cm³/mol. The summed E-state index contributed by atoms with van der Waals surface area (Å²) < 4.78 is 1.91. The predicted octanol–water partition coefficient (Wildman–Crippen LogP) is 3.80. The number of benzene rings is 1. The molecule has 4 nitrogen and oxygen atoms in total. The highest BCUT2D eigenvalue weighted by Crippen LogP contribution is 2.22. The number of pyridine rings is 1. The van der Waals surface area contributed by atoms with Gasteiger partial charge in [0.05, 0.1) is 5.69 Å². The summed E-state index contributed by atoms with van der Waals surface area (Å²) in [4.78, 5) is 16.7. The fraction of sp³-hybridized carbons (Fsp3) is 0.222. The largest absolute Gasteiger partial charge is 0.309 e. The van der Waals surface area contributed by atoms with Crippen molar-refractivity contribution in [1.29, 1.82) is 0 Å². The van der Waals surface area contributed by atoms with Crippen molar-refractivity contribution in [2.75, 3.05) is 5.32 Å². The molecule has 1 N–H and O–H groups in total. The zero-order chi connectivity index (χ0) is 16.4. The molecular weight excluding hydrogens is 310 g/mol. The quantitative estimate of drug-likeness (QED) is 0.741. The summed E-state index contributed by atoms with van der Waals surface area (Å²) in [5.74, 6) is 0.453. The first kappa shape index (κ1) is 15.6. The molecule has 0 bridgehead atoms. The van der Waals surface area contributed by atoms with E-state index in [1.807, 2.05) is 60.0 Å². The Morgan fingerprint density at radius 2 is 2.00 bits per heavy atom. The highest BCUT2D eigenvalue weighted by atomic mass is 35.5. The molecule has 3 aromatic rings. The van der Waals surface area contributed by atoms with Crippen LogP contribution in [-0.4, -0.2) is 20.7 Å². The van der Waals surface area contributed by atoms with Gasteiger partial charge in [0, 0.05) is 12.6 Å². The summed E-state index contributed by atoms with van der Waals surface area (Å²) >= 11 is 5.90. The van der Waals surface area contributed by atoms with E-state index in [0.29, 0.717) is 12.2 Å². The topological polar surface area (TPSA) is 46.4 Å². The van der Waals surface area contributed by atoms with Gasteiger partial charge in [0.1, 0.15) is 16.8 Å². The zero-order valence-corrected chi connectivity index (χ0v) is 13.8. The van der Waals surface area contributed by atoms with Crippen molar-refractivity contribution in [1.82, 2.24) is 9.38 Å². The van der Waals surface area contributed by atoms with Gasteiger partial charge in [-0.1, -0.05) is 36.4 Å². The summed E-state index contributed by atoms with van der Waals surface area (Å²) in [6, 6.07) is 14.0. The minimum absolute atomic E-state index is 0.232. The Morgan fingerprint density at radius 1 is 1.26 bits per heavy atom. The Bertz CT molecular complexity index is 840. The molecule has 1 atom stereocenters. The number of nitrogens with zero attached hydrogens (tertiary/aromatic N) is 2. The van der Waals surface area contributed by atoms with Crippen molar-refractivity contribution in [2.45, 2.75) is 25.6 Å². The molecule has 23 heavy (non-hydrogen) atoms. The molecule has 0 saturated heterocycles. The first-order valence-corrected chi connectivity index (χ1v) is 7.94. The molecule has 3 rings (SSSR count). The molecule has 0 fully saturated rings. The summed E-state index contributed by atoms with van der Waals surface area (Å²) in [7, 11) is 0. The average molecular weight is 328 g/mol. The summed E-state index contributed by atoms with van der Waals surface area (Å²) in [6.45, 7) is 3.66. The second kappa shape index (κ2) is 6.42. The lowest BCUT2D eigenvalue weighted by Crippen LogP contribution is -2.22. The fourth-order valence-corrected chi connectivity index (χ4v) is 2.52. The minimum Gasteiger partial charge on any atom is -0.309 e. The Morgan fingerprint density at radius 3 is 2.70 bits per heavy atom. The standard InChI is InChI=1S/C18H18ClN3O/c1-12-8-9-16-20-15(10-14-6-4-3-5-7-14)17(22(16)11-12)21-18(23)13(2)19/h3-9,11,13H,10H2,1-2H3,(H,21,23). The highest BCUT2D eigenvalue weighted by Gasteiger charge is 2.17. The lowest BCUT2D eigenvalue weighted by Gasteiger charge is -2.09. The van der Waals surface area contributed by atoms with Gasteiger partial charge in [-0.2, -0.15) is 0 Å². The van der Waals surface area contributed by atoms with E-state index in [2.05, 4.69) is 10.3 Å². The molecular formula is C18H18ClN3O. The third-order valence-corrected chi connectivity index (χ3v) is 3.85. The molecule has 0 radical (unpaired) electrons. The minimum atomic E-state index is -0.602. The van der Waals surface area contributed by atoms with Crippen LogP contribution in [0.2, 0.25) is 0 Å². The van der Waals surface area contributed by atoms with E-state index >= 15 is 0 Å². The number of nitrogens with one attached hydrogen (secondary N) is 1. The molecule has 2 heterocycles. The van der Waals surface area contributed by atoms with Gasteiger partial charge in [-0.15, -0.1) is 11.6 Å². The van der Waals surface area contributed by atoms with E-state index in [1.165, 1.54) is 0 Å². The first-order valence-electron chi connectivity index (χ1n) is 7.51. The van der Waals surface area contributed by atoms with Crippen LogP contribution in [0.15, 0.2) is 48.7 Å². The maximum absolute atomic E-state index is 12.1. The highest BCUT2D eigenvalue weighted by molar-refractivity contribution is 6.32. The van der Waals surface area contributed by atoms with Crippen molar-refractivity contribution in [3.63, 3.8) is 0 Å². The molecule has 0 saturated carbocycles. The maximum atomic E-state index is 12.1. The SMILES string of the molecule is Cc1ccc2nc(Cc3ccccc3)c(NC(=O)C(C)Cl)n2c1. The Hall–Kier alpha value is -2.33. The third-order valence-electron chi connectivity index (χ3n) is 3.66. The van der Waals surface area contributed by atoms with E-state index in [0.717, 1.165) is 22.5 Å². The molecule has 0 aliphatic heterocycles. The monoisotopic (exact) mass is 327 g/mol. The number of imidazole rings is 1. The van der Waals surface area contributed by atoms with E-state index in [-0.39, 0.29) is 5.91 Å². The molecule has 1 aromatic carbocycles. The molecule has 1 amide bonds. The van der Waals surface area contributed by atoms with Crippen molar-refractivity contribution in [3.8, 4) is 0 Å². The number of rotatable bonds is 4. The number of carbonyl (C=O) groups is 1. The van der Waals surface area contributed by atoms with Crippen LogP contribution in [0.25, 0.3) is 5.65 Å². The molecule has 0 aliphatic rings. The third kappa shape index (κ3) is 3.37. The van der Waals surface area contributed by atoms with Crippen molar-refractivity contribution in [3.05, 3.63) is 65.5 Å². The molecule has 0 spiro atoms. The number of alkyl halides is 1. The Kier molecular flexibility index (Phi) is 4.35. The zero-order valence-electron chi connectivity index (χ0n) is 13.1. The van der Waals surface area contributed by atoms with Crippen LogP contribution < -0.4 is 5.32 Å². The molecule has 1 unspecified atom stereocenters. The number of hydrogen-bond donors (Lipinski definition) is 1. The second-order valence-electron chi connectivity index (χ2n) is 5.61. The number of anilines is 1. The number of carbonyl (C=O) groups excluding carboxylic acids is 1. The van der Waals surface area contributed by atoms with Crippen LogP contribution in [0.5, 0.6) is 0 Å². The average Bonchev–Trinajstić information content (AvgIpc) is 2.85. The second-order valence-corrected chi connectivity index (χ2v) is 6.26. The van der Waals surface area contributed by atoms with Crippen LogP contribution in [0.1, 0.15) is 23.7 Å². The van der Waals surface area contributed by atoms with Crippen LogP contribution in [0, 0.1) is 6.92 Å². The van der Waals surface area contributed by atoms with E-state index in [4.69, 9.17) is 11.6 Å². The Balaban J connectivity index is 2.06. The summed E-state index contributed by atoms with van der Waals surface area (Å²) in [5.41, 5.74) is 3.86. The summed E-state index contributed by atoms with van der Waals surface area (Å²) in [6.07, 6.45) is 2.61. The first-order chi connectivity index (χ1) is 11.0. The number of aryl methyl sites for hydroxylation is 1. The van der Waals surface area contributed by atoms with Gasteiger partial charge in [-0.3, -0.25) is 9.20 Å². The molecule has 5 heteroatoms. The lowest BCUT2D eigenvalue weighted by atomic mass is 10.1. The van der Waals surface area contributed by atoms with Gasteiger partial charge in [0.15, 0.2) is 0 Å². The number of fused-ring (bicyclic) bond motifs is 1. The van der Waals surface area contributed by atoms with Gasteiger partial charge >= 0.3 is 0 Å². The van der Waals surface area contributed by atoms with E-state index in [1.54, 1.807) is 6.92 Å². The van der Waals surface area contributed by atoms with Crippen molar-refractivity contribution >= 4 is 29.0 Å². The maximum Gasteiger partial charge on any atom is 0.243 e. The number of amides is 1. The van der Waals surface area contributed by atoms with Crippen LogP contribution in [-0.2, 0) is 11.2 Å². The van der Waals surface area contributed by atoms with Crippen molar-refractivity contribution < 1.29 is 4.79 Å². The van der Waals surface area contributed by atoms with Gasteiger partial charge in [-0.25, -0.2) is 4.98 Å². The van der Waals surface area contributed by atoms with Crippen LogP contribution >= 0.6 is 11.6 Å². The number of aromatic nitrogens is 2. The van der Waals surface area contributed by atoms with Gasteiger partial charge in [0.2, 0.25) is 5.91 Å². The number of hydrogen-bond acceptors (Lipinski definition) is 2. The fourth-order valence-electron chi connectivity index (χ4n) is 2.46. The molecule has 0 aliphatic carbocycles. The molecule has 118 valence electrons. The van der Waals surface area contributed by atoms with E-state index < -0.39 is 5.38 Å². The number of halogens is 1. The Labute approximate surface area is 140 Å². The molecule has 2 aromatic heterocycles. The van der Waals surface area contributed by atoms with E-state index in [9.17, 15) is 4.79 Å². The van der Waals surface area contributed by atoms with Gasteiger partial charge in [-0.05, 0) is 31.0 Å².